The average Bonchev–Trinajstić information content (AvgIpc) is 2.50. The van der Waals surface area contributed by atoms with Crippen LogP contribution in [0.1, 0.15) is 11.1 Å². The molecule has 3 nitrogen and oxygen atoms in total. The van der Waals surface area contributed by atoms with Gasteiger partial charge < -0.3 is 9.47 Å². The Labute approximate surface area is 82.6 Å². The van der Waals surface area contributed by atoms with Crippen molar-refractivity contribution in [3.05, 3.63) is 35.4 Å². The molecule has 0 radical (unpaired) electrons. The van der Waals surface area contributed by atoms with Crippen molar-refractivity contribution in [2.24, 2.45) is 0 Å². The third kappa shape index (κ3) is 1.03. The molecule has 0 amide bonds. The summed E-state index contributed by atoms with van der Waals surface area (Å²) in [5.74, 6) is -1.21. The molecule has 0 atom stereocenters. The minimum atomic E-state index is -1.17. The molecule has 0 unspecified atom stereocenters. The number of carbonyl (C=O) groups excluding carboxylic acids is 1. The Balaban J connectivity index is 2.58. The molecule has 0 aromatic heterocycles. The van der Waals surface area contributed by atoms with Crippen LogP contribution in [0, 0.1) is 0 Å². The van der Waals surface area contributed by atoms with Crippen LogP contribution < -0.4 is 0 Å². The van der Waals surface area contributed by atoms with E-state index in [4.69, 9.17) is 9.47 Å². The summed E-state index contributed by atoms with van der Waals surface area (Å²) >= 11 is 0. The highest BCUT2D eigenvalue weighted by atomic mass is 16.7. The van der Waals surface area contributed by atoms with Gasteiger partial charge in [-0.25, -0.2) is 0 Å². The molecular weight excluding hydrogens is 180 g/mol. The molecule has 14 heavy (non-hydrogen) atoms. The summed E-state index contributed by atoms with van der Waals surface area (Å²) in [5.41, 5.74) is 1.82. The van der Waals surface area contributed by atoms with Crippen LogP contribution in [0.4, 0.5) is 0 Å². The molecule has 0 saturated carbocycles. The maximum atomic E-state index is 11.8. The van der Waals surface area contributed by atoms with Gasteiger partial charge in [-0.05, 0) is 5.56 Å². The molecular formula is C11H12O3. The summed E-state index contributed by atoms with van der Waals surface area (Å²) in [6, 6.07) is 7.58. The molecule has 2 rings (SSSR count). The summed E-state index contributed by atoms with van der Waals surface area (Å²) in [6.07, 6.45) is 0.387. The highest BCUT2D eigenvalue weighted by molar-refractivity contribution is 5.93. The highest BCUT2D eigenvalue weighted by Gasteiger charge is 2.47. The molecule has 0 N–H and O–H groups in total. The van der Waals surface area contributed by atoms with Crippen LogP contribution in [0.25, 0.3) is 0 Å². The Morgan fingerprint density at radius 2 is 1.86 bits per heavy atom. The second kappa shape index (κ2) is 3.19. The first kappa shape index (κ1) is 9.37. The fourth-order valence-corrected chi connectivity index (χ4v) is 1.97. The van der Waals surface area contributed by atoms with Gasteiger partial charge in [-0.2, -0.15) is 0 Å². The first-order chi connectivity index (χ1) is 6.74. The second-order valence-corrected chi connectivity index (χ2v) is 3.28. The summed E-state index contributed by atoms with van der Waals surface area (Å²) in [4.78, 5) is 11.8. The van der Waals surface area contributed by atoms with Crippen molar-refractivity contribution in [3.8, 4) is 0 Å². The lowest BCUT2D eigenvalue weighted by molar-refractivity contribution is -0.209. The molecule has 0 aliphatic heterocycles. The molecule has 0 saturated heterocycles. The zero-order valence-corrected chi connectivity index (χ0v) is 8.24. The number of rotatable bonds is 2. The van der Waals surface area contributed by atoms with Gasteiger partial charge in [-0.15, -0.1) is 0 Å². The third-order valence-electron chi connectivity index (χ3n) is 2.66. The summed E-state index contributed by atoms with van der Waals surface area (Å²) in [6.45, 7) is 0. The summed E-state index contributed by atoms with van der Waals surface area (Å²) in [5, 5.41) is 0. The average molecular weight is 192 g/mol. The van der Waals surface area contributed by atoms with Gasteiger partial charge in [0.1, 0.15) is 0 Å². The van der Waals surface area contributed by atoms with E-state index in [9.17, 15) is 4.79 Å². The zero-order chi connectivity index (χ0) is 10.2. The first-order valence-corrected chi connectivity index (χ1v) is 4.46. The second-order valence-electron chi connectivity index (χ2n) is 3.28. The van der Waals surface area contributed by atoms with Gasteiger partial charge in [0.15, 0.2) is 0 Å². The highest BCUT2D eigenvalue weighted by Crippen LogP contribution is 2.37. The van der Waals surface area contributed by atoms with Crippen LogP contribution in [-0.2, 0) is 26.5 Å². The van der Waals surface area contributed by atoms with Crippen molar-refractivity contribution in [2.75, 3.05) is 14.2 Å². The van der Waals surface area contributed by atoms with Crippen molar-refractivity contribution in [2.45, 2.75) is 12.2 Å². The van der Waals surface area contributed by atoms with E-state index in [1.165, 1.54) is 14.2 Å². The fourth-order valence-electron chi connectivity index (χ4n) is 1.97. The lowest BCUT2D eigenvalue weighted by Gasteiger charge is -2.24. The van der Waals surface area contributed by atoms with Gasteiger partial charge in [-0.1, -0.05) is 24.3 Å². The Morgan fingerprint density at radius 1 is 1.21 bits per heavy atom. The van der Waals surface area contributed by atoms with Crippen LogP contribution in [0.2, 0.25) is 0 Å². The lowest BCUT2D eigenvalue weighted by Crippen LogP contribution is -2.36. The molecule has 0 spiro atoms. The first-order valence-electron chi connectivity index (χ1n) is 4.46. The quantitative estimate of drug-likeness (QED) is 0.662. The van der Waals surface area contributed by atoms with E-state index in [2.05, 4.69) is 0 Å². The predicted octanol–water partition coefficient (Wildman–Crippen LogP) is 1.26. The van der Waals surface area contributed by atoms with Crippen LogP contribution >= 0.6 is 0 Å². The molecule has 74 valence electrons. The largest absolute Gasteiger partial charge is 0.343 e. The van der Waals surface area contributed by atoms with Gasteiger partial charge in [-0.3, -0.25) is 4.79 Å². The number of benzene rings is 1. The van der Waals surface area contributed by atoms with Gasteiger partial charge in [0.25, 0.3) is 5.79 Å². The minimum absolute atomic E-state index is 0.0382. The van der Waals surface area contributed by atoms with Crippen molar-refractivity contribution >= 4 is 5.78 Å². The van der Waals surface area contributed by atoms with Crippen LogP contribution in [0.15, 0.2) is 24.3 Å². The number of carbonyl (C=O) groups is 1. The molecule has 1 aliphatic rings. The van der Waals surface area contributed by atoms with Gasteiger partial charge in [0.2, 0.25) is 5.78 Å². The number of ketones is 1. The van der Waals surface area contributed by atoms with Crippen molar-refractivity contribution in [1.29, 1.82) is 0 Å². The van der Waals surface area contributed by atoms with Crippen molar-refractivity contribution in [1.82, 2.24) is 0 Å². The summed E-state index contributed by atoms with van der Waals surface area (Å²) < 4.78 is 10.4. The molecule has 1 aliphatic carbocycles. The smallest absolute Gasteiger partial charge is 0.256 e. The van der Waals surface area contributed by atoms with E-state index >= 15 is 0 Å². The van der Waals surface area contributed by atoms with Crippen LogP contribution in [-0.4, -0.2) is 20.0 Å². The van der Waals surface area contributed by atoms with E-state index in [1.807, 2.05) is 24.3 Å². The molecule has 0 heterocycles. The SMILES string of the molecule is COC1(OC)C(=O)Cc2ccccc21. The van der Waals surface area contributed by atoms with Crippen molar-refractivity contribution in [3.63, 3.8) is 0 Å². The molecule has 3 heteroatoms. The number of methoxy groups -OCH3 is 2. The molecule has 1 aromatic carbocycles. The Kier molecular flexibility index (Phi) is 2.13. The number of fused-ring (bicyclic) bond motifs is 1. The lowest BCUT2D eigenvalue weighted by atomic mass is 10.1. The Morgan fingerprint density at radius 3 is 2.50 bits per heavy atom. The van der Waals surface area contributed by atoms with Gasteiger partial charge >= 0.3 is 0 Å². The Bertz CT molecular complexity index is 367. The van der Waals surface area contributed by atoms with Crippen LogP contribution in [0.3, 0.4) is 0 Å². The fraction of sp³-hybridized carbons (Fsp3) is 0.364. The number of hydrogen-bond acceptors (Lipinski definition) is 3. The Hall–Kier alpha value is -1.19. The number of ether oxygens (including phenoxy) is 2. The van der Waals surface area contributed by atoms with Gasteiger partial charge in [0.05, 0.1) is 0 Å². The van der Waals surface area contributed by atoms with Gasteiger partial charge in [0, 0.05) is 26.2 Å². The standard InChI is InChI=1S/C11H12O3/c1-13-11(14-2)9-6-4-3-5-8(9)7-10(11)12/h3-6H,7H2,1-2H3. The minimum Gasteiger partial charge on any atom is -0.343 e. The molecule has 1 aromatic rings. The predicted molar refractivity (Wildman–Crippen MR) is 50.8 cm³/mol. The van der Waals surface area contributed by atoms with Crippen LogP contribution in [0.5, 0.6) is 0 Å². The van der Waals surface area contributed by atoms with E-state index in [0.29, 0.717) is 6.42 Å². The van der Waals surface area contributed by atoms with E-state index < -0.39 is 5.79 Å². The zero-order valence-electron chi connectivity index (χ0n) is 8.24. The molecule has 0 bridgehead atoms. The molecule has 0 fully saturated rings. The number of hydrogen-bond donors (Lipinski definition) is 0. The maximum absolute atomic E-state index is 11.8. The number of Topliss-reactive ketones (excluding diaryl/α,β-unsaturated/α-hetero) is 1. The topological polar surface area (TPSA) is 35.5 Å². The van der Waals surface area contributed by atoms with E-state index in [1.54, 1.807) is 0 Å². The maximum Gasteiger partial charge on any atom is 0.256 e. The van der Waals surface area contributed by atoms with Crippen molar-refractivity contribution < 1.29 is 14.3 Å². The third-order valence-corrected chi connectivity index (χ3v) is 2.66. The normalized spacial score (nSPS) is 18.3. The van der Waals surface area contributed by atoms with E-state index in [0.717, 1.165) is 11.1 Å². The summed E-state index contributed by atoms with van der Waals surface area (Å²) in [7, 11) is 2.98. The van der Waals surface area contributed by atoms with E-state index in [-0.39, 0.29) is 5.78 Å². The monoisotopic (exact) mass is 192 g/mol.